The first-order valence-corrected chi connectivity index (χ1v) is 10.0. The third-order valence-electron chi connectivity index (χ3n) is 5.92. The van der Waals surface area contributed by atoms with E-state index < -0.39 is 0 Å². The number of aromatic nitrogens is 3. The Kier molecular flexibility index (Phi) is 4.75. The summed E-state index contributed by atoms with van der Waals surface area (Å²) in [6, 6.07) is 6.08. The number of hydrogen-bond donors (Lipinski definition) is 2. The van der Waals surface area contributed by atoms with Gasteiger partial charge >= 0.3 is 0 Å². The highest BCUT2D eigenvalue weighted by Crippen LogP contribution is 2.56. The summed E-state index contributed by atoms with van der Waals surface area (Å²) >= 11 is 1.80. The minimum absolute atomic E-state index is 0.0269. The van der Waals surface area contributed by atoms with Crippen LogP contribution in [0.5, 0.6) is 0 Å². The first-order valence-electron chi connectivity index (χ1n) is 9.16. The normalized spacial score (nSPS) is 29.1. The van der Waals surface area contributed by atoms with E-state index in [1.54, 1.807) is 18.9 Å². The number of pyridine rings is 1. The number of piperidine rings is 1. The molecule has 2 N–H and O–H groups in total. The summed E-state index contributed by atoms with van der Waals surface area (Å²) in [5.74, 6) is 0.324. The Labute approximate surface area is 158 Å². The average Bonchev–Trinajstić information content (AvgIpc) is 3.01. The fourth-order valence-electron chi connectivity index (χ4n) is 4.30. The van der Waals surface area contributed by atoms with E-state index in [4.69, 9.17) is 0 Å². The van der Waals surface area contributed by atoms with Crippen LogP contribution in [0, 0.1) is 5.41 Å². The highest BCUT2D eigenvalue weighted by Gasteiger charge is 2.48. The molecule has 6 nitrogen and oxygen atoms in total. The van der Waals surface area contributed by atoms with E-state index in [1.807, 2.05) is 29.4 Å². The molecule has 2 aliphatic rings. The number of likely N-dealkylation sites (tertiary alicyclic amines) is 1. The number of nitrogens with zero attached hydrogens (tertiary/aromatic N) is 3. The number of H-pyrrole nitrogens is 1. The van der Waals surface area contributed by atoms with Gasteiger partial charge in [-0.1, -0.05) is 24.9 Å². The van der Waals surface area contributed by atoms with Crippen molar-refractivity contribution in [2.75, 3.05) is 19.6 Å². The predicted molar refractivity (Wildman–Crippen MR) is 103 cm³/mol. The molecular formula is C19H25N5OS. The molecule has 0 spiro atoms. The van der Waals surface area contributed by atoms with Crippen LogP contribution in [0.2, 0.25) is 0 Å². The van der Waals surface area contributed by atoms with E-state index in [9.17, 15) is 4.79 Å². The lowest BCUT2D eigenvalue weighted by Gasteiger charge is -2.49. The molecule has 1 saturated heterocycles. The van der Waals surface area contributed by atoms with Crippen molar-refractivity contribution in [3.05, 3.63) is 47.5 Å². The third-order valence-corrected chi connectivity index (χ3v) is 7.32. The molecule has 138 valence electrons. The van der Waals surface area contributed by atoms with Crippen LogP contribution in [-0.2, 0) is 11.2 Å². The molecule has 7 heteroatoms. The number of carbonyl (C=O) groups excluding carboxylic acids is 1. The van der Waals surface area contributed by atoms with Crippen molar-refractivity contribution in [1.29, 1.82) is 0 Å². The molecule has 2 aliphatic heterocycles. The molecule has 0 bridgehead atoms. The highest BCUT2D eigenvalue weighted by molar-refractivity contribution is 7.97. The van der Waals surface area contributed by atoms with Gasteiger partial charge in [-0.15, -0.1) is 0 Å². The third kappa shape index (κ3) is 3.03. The Morgan fingerprint density at radius 1 is 1.42 bits per heavy atom. The molecule has 0 aromatic carbocycles. The average molecular weight is 372 g/mol. The van der Waals surface area contributed by atoms with E-state index in [1.165, 1.54) is 11.3 Å². The van der Waals surface area contributed by atoms with Gasteiger partial charge in [0.15, 0.2) is 0 Å². The van der Waals surface area contributed by atoms with Crippen LogP contribution >= 0.6 is 11.9 Å². The van der Waals surface area contributed by atoms with E-state index in [2.05, 4.69) is 32.9 Å². The molecule has 3 atom stereocenters. The Hall–Kier alpha value is -1.86. The summed E-state index contributed by atoms with van der Waals surface area (Å²) in [6.45, 7) is 6.45. The van der Waals surface area contributed by atoms with Crippen LogP contribution < -0.4 is 4.72 Å². The summed E-state index contributed by atoms with van der Waals surface area (Å²) < 4.78 is 3.53. The Balaban J connectivity index is 1.76. The molecule has 0 radical (unpaired) electrons. The first kappa shape index (κ1) is 17.5. The van der Waals surface area contributed by atoms with Gasteiger partial charge in [0.2, 0.25) is 5.91 Å². The van der Waals surface area contributed by atoms with Crippen molar-refractivity contribution in [3.63, 3.8) is 0 Å². The monoisotopic (exact) mass is 371 g/mol. The molecule has 2 aromatic rings. The summed E-state index contributed by atoms with van der Waals surface area (Å²) in [5.41, 5.74) is 3.55. The standard InChI is InChI=1S/C19H25N5OS/c1-13(25)24-10-7-19(2,15(12-24)17-5-3-4-8-20-17)18-14-11-21-23-16(14)6-9-22-26-18/h3-5,8,11,15,18,22H,6-7,9-10,12H2,1-2H3,(H,21,23). The summed E-state index contributed by atoms with van der Waals surface area (Å²) in [4.78, 5) is 18.7. The summed E-state index contributed by atoms with van der Waals surface area (Å²) in [7, 11) is 0. The maximum absolute atomic E-state index is 12.0. The summed E-state index contributed by atoms with van der Waals surface area (Å²) in [5, 5.41) is 7.76. The van der Waals surface area contributed by atoms with Crippen molar-refractivity contribution < 1.29 is 4.79 Å². The lowest BCUT2D eigenvalue weighted by molar-refractivity contribution is -0.131. The molecule has 1 fully saturated rings. The zero-order valence-electron chi connectivity index (χ0n) is 15.2. The second-order valence-corrected chi connectivity index (χ2v) is 8.47. The smallest absolute Gasteiger partial charge is 0.219 e. The van der Waals surface area contributed by atoms with E-state index >= 15 is 0 Å². The fraction of sp³-hybridized carbons (Fsp3) is 0.526. The van der Waals surface area contributed by atoms with Gasteiger partial charge in [0.05, 0.1) is 11.4 Å². The molecule has 0 saturated carbocycles. The zero-order valence-corrected chi connectivity index (χ0v) is 16.1. The van der Waals surface area contributed by atoms with Crippen LogP contribution in [-0.4, -0.2) is 45.6 Å². The quantitative estimate of drug-likeness (QED) is 0.794. The van der Waals surface area contributed by atoms with Gasteiger partial charge in [-0.2, -0.15) is 5.10 Å². The minimum atomic E-state index is -0.0269. The number of aromatic amines is 1. The van der Waals surface area contributed by atoms with E-state index in [-0.39, 0.29) is 22.5 Å². The Bertz CT molecular complexity index is 779. The molecule has 26 heavy (non-hydrogen) atoms. The van der Waals surface area contributed by atoms with Crippen molar-refractivity contribution >= 4 is 17.9 Å². The lowest BCUT2D eigenvalue weighted by Crippen LogP contribution is -2.48. The first-order chi connectivity index (χ1) is 12.6. The number of hydrogen-bond acceptors (Lipinski definition) is 5. The van der Waals surface area contributed by atoms with Gasteiger partial charge in [-0.05, 0) is 24.0 Å². The number of rotatable bonds is 2. The van der Waals surface area contributed by atoms with E-state index in [0.29, 0.717) is 6.54 Å². The van der Waals surface area contributed by atoms with Crippen molar-refractivity contribution in [1.82, 2.24) is 24.8 Å². The van der Waals surface area contributed by atoms with Gasteiger partial charge in [0, 0.05) is 62.0 Å². The second-order valence-electron chi connectivity index (χ2n) is 7.47. The number of carbonyl (C=O) groups is 1. The maximum Gasteiger partial charge on any atom is 0.219 e. The Morgan fingerprint density at radius 2 is 2.31 bits per heavy atom. The second kappa shape index (κ2) is 7.04. The SMILES string of the molecule is CC(=O)N1CCC(C)(C2SNCCc3[nH]ncc32)C(c2ccccn2)C1. The van der Waals surface area contributed by atoms with Crippen LogP contribution in [0.25, 0.3) is 0 Å². The molecular weight excluding hydrogens is 346 g/mol. The maximum atomic E-state index is 12.0. The van der Waals surface area contributed by atoms with Gasteiger partial charge < -0.3 is 4.90 Å². The minimum Gasteiger partial charge on any atom is -0.342 e. The topological polar surface area (TPSA) is 73.9 Å². The van der Waals surface area contributed by atoms with Crippen molar-refractivity contribution in [2.45, 2.75) is 37.9 Å². The molecule has 2 aromatic heterocycles. The van der Waals surface area contributed by atoms with Crippen LogP contribution in [0.1, 0.15) is 48.4 Å². The van der Waals surface area contributed by atoms with Gasteiger partial charge in [-0.3, -0.25) is 19.6 Å². The molecule has 4 heterocycles. The number of fused-ring (bicyclic) bond motifs is 1. The van der Waals surface area contributed by atoms with Crippen molar-refractivity contribution in [3.8, 4) is 0 Å². The summed E-state index contributed by atoms with van der Waals surface area (Å²) in [6.07, 6.45) is 5.74. The van der Waals surface area contributed by atoms with Crippen molar-refractivity contribution in [2.24, 2.45) is 5.41 Å². The Morgan fingerprint density at radius 3 is 3.08 bits per heavy atom. The molecule has 3 unspecified atom stereocenters. The van der Waals surface area contributed by atoms with Gasteiger partial charge in [0.25, 0.3) is 0 Å². The molecule has 1 amide bonds. The van der Waals surface area contributed by atoms with Gasteiger partial charge in [0.1, 0.15) is 0 Å². The highest BCUT2D eigenvalue weighted by atomic mass is 32.2. The molecule has 0 aliphatic carbocycles. The van der Waals surface area contributed by atoms with Crippen LogP contribution in [0.15, 0.2) is 30.6 Å². The van der Waals surface area contributed by atoms with Gasteiger partial charge in [-0.25, -0.2) is 0 Å². The number of nitrogens with one attached hydrogen (secondary N) is 2. The largest absolute Gasteiger partial charge is 0.342 e. The lowest BCUT2D eigenvalue weighted by atomic mass is 9.66. The van der Waals surface area contributed by atoms with Crippen LogP contribution in [0.3, 0.4) is 0 Å². The molecule has 4 rings (SSSR count). The fourth-order valence-corrected chi connectivity index (χ4v) is 5.57. The van der Waals surface area contributed by atoms with Crippen LogP contribution in [0.4, 0.5) is 0 Å². The zero-order chi connectivity index (χ0) is 18.1. The number of amides is 1. The predicted octanol–water partition coefficient (Wildman–Crippen LogP) is 2.68. The van der Waals surface area contributed by atoms with E-state index in [0.717, 1.165) is 31.6 Å².